The number of carbonyl (C=O) groups is 1. The van der Waals surface area contributed by atoms with Crippen molar-refractivity contribution in [2.75, 3.05) is 37.0 Å². The van der Waals surface area contributed by atoms with E-state index >= 15 is 0 Å². The monoisotopic (exact) mass is 505 g/mol. The van der Waals surface area contributed by atoms with Gasteiger partial charge in [-0.15, -0.1) is 10.2 Å². The van der Waals surface area contributed by atoms with Gasteiger partial charge in [-0.2, -0.15) is 0 Å². The molecule has 2 heterocycles. The van der Waals surface area contributed by atoms with Gasteiger partial charge in [0.15, 0.2) is 5.82 Å². The predicted molar refractivity (Wildman–Crippen MR) is 143 cm³/mol. The standard InChI is InChI=1S/C28H32ClN5O2/c1-33(28(35)30-25-6-4-5-24(29)17-25)26-11-12-27(32-31-26)36-19-21-15-23(16-21)22-9-7-20(8-10-22)18-34-13-2-3-14-34/h4-12,17,21,23H,2-3,13-16,18-19H2,1H3,(H,30,35)/t21-,23+. The average molecular weight is 506 g/mol. The van der Waals surface area contributed by atoms with E-state index in [4.69, 9.17) is 16.3 Å². The lowest BCUT2D eigenvalue weighted by Gasteiger charge is -2.35. The molecular formula is C28H32ClN5O2. The van der Waals surface area contributed by atoms with E-state index in [1.54, 1.807) is 43.4 Å². The number of urea groups is 1. The second-order valence-electron chi connectivity index (χ2n) is 9.80. The molecule has 1 saturated heterocycles. The van der Waals surface area contributed by atoms with Gasteiger partial charge in [-0.3, -0.25) is 9.80 Å². The lowest BCUT2D eigenvalue weighted by Crippen LogP contribution is -2.32. The van der Waals surface area contributed by atoms with E-state index in [0.29, 0.717) is 40.9 Å². The molecule has 2 fully saturated rings. The van der Waals surface area contributed by atoms with Crippen LogP contribution in [0, 0.1) is 5.92 Å². The first-order valence-corrected chi connectivity index (χ1v) is 13.0. The number of hydrogen-bond donors (Lipinski definition) is 1. The normalized spacial score (nSPS) is 19.5. The summed E-state index contributed by atoms with van der Waals surface area (Å²) in [7, 11) is 1.64. The second-order valence-corrected chi connectivity index (χ2v) is 10.2. The first-order valence-electron chi connectivity index (χ1n) is 12.6. The van der Waals surface area contributed by atoms with E-state index in [2.05, 4.69) is 44.7 Å². The number of aromatic nitrogens is 2. The van der Waals surface area contributed by atoms with E-state index in [0.717, 1.165) is 19.4 Å². The van der Waals surface area contributed by atoms with Gasteiger partial charge in [0, 0.05) is 30.4 Å². The lowest BCUT2D eigenvalue weighted by atomic mass is 9.72. The maximum Gasteiger partial charge on any atom is 0.327 e. The number of hydrogen-bond acceptors (Lipinski definition) is 5. The molecule has 2 aromatic carbocycles. The molecule has 5 rings (SSSR count). The molecule has 0 radical (unpaired) electrons. The van der Waals surface area contributed by atoms with Gasteiger partial charge in [0.1, 0.15) is 0 Å². The predicted octanol–water partition coefficient (Wildman–Crippen LogP) is 5.97. The fraction of sp³-hybridized carbons (Fsp3) is 0.393. The Morgan fingerprint density at radius 3 is 2.56 bits per heavy atom. The SMILES string of the molecule is CN(C(=O)Nc1cccc(Cl)c1)c1ccc(OC[C@H]2C[C@@H](c3ccc(CN4CCCC4)cc3)C2)nn1. The van der Waals surface area contributed by atoms with Crippen LogP contribution < -0.4 is 15.0 Å². The van der Waals surface area contributed by atoms with Crippen molar-refractivity contribution in [3.8, 4) is 5.88 Å². The van der Waals surface area contributed by atoms with Crippen molar-refractivity contribution in [2.45, 2.75) is 38.1 Å². The van der Waals surface area contributed by atoms with Crippen LogP contribution in [-0.4, -0.2) is 47.9 Å². The zero-order valence-electron chi connectivity index (χ0n) is 20.6. The Bertz CT molecular complexity index is 1160. The number of nitrogens with zero attached hydrogens (tertiary/aromatic N) is 4. The van der Waals surface area contributed by atoms with Gasteiger partial charge in [-0.25, -0.2) is 4.79 Å². The number of rotatable bonds is 8. The summed E-state index contributed by atoms with van der Waals surface area (Å²) in [5, 5.41) is 11.6. The van der Waals surface area contributed by atoms with E-state index in [1.807, 2.05) is 0 Å². The molecule has 0 bridgehead atoms. The Balaban J connectivity index is 1.05. The number of anilines is 2. The van der Waals surface area contributed by atoms with Crippen LogP contribution in [0.4, 0.5) is 16.3 Å². The third kappa shape index (κ3) is 6.15. The Morgan fingerprint density at radius 1 is 1.08 bits per heavy atom. The fourth-order valence-electron chi connectivity index (χ4n) is 4.89. The van der Waals surface area contributed by atoms with Gasteiger partial charge >= 0.3 is 6.03 Å². The van der Waals surface area contributed by atoms with Crippen LogP contribution in [-0.2, 0) is 6.54 Å². The van der Waals surface area contributed by atoms with Crippen LogP contribution in [0.15, 0.2) is 60.7 Å². The highest BCUT2D eigenvalue weighted by molar-refractivity contribution is 6.30. The molecule has 1 aliphatic heterocycles. The maximum absolute atomic E-state index is 12.5. The van der Waals surface area contributed by atoms with Crippen LogP contribution in [0.25, 0.3) is 0 Å². The van der Waals surface area contributed by atoms with Gasteiger partial charge in [-0.1, -0.05) is 41.9 Å². The molecule has 7 nitrogen and oxygen atoms in total. The minimum Gasteiger partial charge on any atom is -0.476 e. The Morgan fingerprint density at radius 2 is 1.86 bits per heavy atom. The first-order chi connectivity index (χ1) is 17.5. The minimum atomic E-state index is -0.329. The quantitative estimate of drug-likeness (QED) is 0.408. The van der Waals surface area contributed by atoms with Crippen molar-refractivity contribution in [1.82, 2.24) is 15.1 Å². The summed E-state index contributed by atoms with van der Waals surface area (Å²) >= 11 is 5.98. The van der Waals surface area contributed by atoms with Crippen LogP contribution in [0.2, 0.25) is 5.02 Å². The Hall–Kier alpha value is -3.16. The second kappa shape index (κ2) is 11.3. The van der Waals surface area contributed by atoms with E-state index in [1.165, 1.54) is 42.0 Å². The molecule has 1 N–H and O–H groups in total. The smallest absolute Gasteiger partial charge is 0.327 e. The molecular weight excluding hydrogens is 474 g/mol. The highest BCUT2D eigenvalue weighted by atomic mass is 35.5. The number of carbonyl (C=O) groups excluding carboxylic acids is 1. The summed E-state index contributed by atoms with van der Waals surface area (Å²) in [6.45, 7) is 4.16. The van der Waals surface area contributed by atoms with Gasteiger partial charge in [0.05, 0.1) is 6.61 Å². The van der Waals surface area contributed by atoms with Crippen molar-refractivity contribution in [3.05, 3.63) is 76.8 Å². The molecule has 0 atom stereocenters. The summed E-state index contributed by atoms with van der Waals surface area (Å²) in [4.78, 5) is 16.4. The molecule has 188 valence electrons. The Labute approximate surface area is 217 Å². The van der Waals surface area contributed by atoms with E-state index in [-0.39, 0.29) is 6.03 Å². The van der Waals surface area contributed by atoms with E-state index < -0.39 is 0 Å². The summed E-state index contributed by atoms with van der Waals surface area (Å²) in [6.07, 6.45) is 4.92. The highest BCUT2D eigenvalue weighted by Gasteiger charge is 2.31. The lowest BCUT2D eigenvalue weighted by molar-refractivity contribution is 0.153. The Kier molecular flexibility index (Phi) is 7.68. The third-order valence-corrected chi connectivity index (χ3v) is 7.34. The molecule has 1 saturated carbocycles. The first kappa shape index (κ1) is 24.5. The zero-order chi connectivity index (χ0) is 24.9. The summed E-state index contributed by atoms with van der Waals surface area (Å²) in [5.41, 5.74) is 3.46. The molecule has 36 heavy (non-hydrogen) atoms. The maximum atomic E-state index is 12.5. The number of halogens is 1. The molecule has 2 aliphatic rings. The van der Waals surface area contributed by atoms with Gasteiger partial charge in [0.2, 0.25) is 5.88 Å². The number of nitrogens with one attached hydrogen (secondary N) is 1. The number of benzene rings is 2. The number of likely N-dealkylation sites (tertiary alicyclic amines) is 1. The molecule has 8 heteroatoms. The largest absolute Gasteiger partial charge is 0.476 e. The number of amides is 2. The van der Waals surface area contributed by atoms with Crippen molar-refractivity contribution in [3.63, 3.8) is 0 Å². The summed E-state index contributed by atoms with van der Waals surface area (Å²) in [6, 6.07) is 19.3. The van der Waals surface area contributed by atoms with Crippen LogP contribution in [0.3, 0.4) is 0 Å². The average Bonchev–Trinajstić information content (AvgIpc) is 3.37. The summed E-state index contributed by atoms with van der Waals surface area (Å²) in [5.74, 6) is 2.03. The summed E-state index contributed by atoms with van der Waals surface area (Å²) < 4.78 is 5.88. The zero-order valence-corrected chi connectivity index (χ0v) is 21.3. The molecule has 1 aromatic heterocycles. The third-order valence-electron chi connectivity index (χ3n) is 7.11. The van der Waals surface area contributed by atoms with Crippen molar-refractivity contribution in [1.29, 1.82) is 0 Å². The molecule has 0 unspecified atom stereocenters. The highest BCUT2D eigenvalue weighted by Crippen LogP contribution is 2.41. The van der Waals surface area contributed by atoms with Crippen molar-refractivity contribution >= 4 is 29.1 Å². The van der Waals surface area contributed by atoms with Crippen molar-refractivity contribution in [2.24, 2.45) is 5.92 Å². The van der Waals surface area contributed by atoms with Gasteiger partial charge in [-0.05, 0) is 86.0 Å². The van der Waals surface area contributed by atoms with Crippen LogP contribution >= 0.6 is 11.6 Å². The number of ether oxygens (including phenoxy) is 1. The van der Waals surface area contributed by atoms with Crippen molar-refractivity contribution < 1.29 is 9.53 Å². The van der Waals surface area contributed by atoms with E-state index in [9.17, 15) is 4.79 Å². The minimum absolute atomic E-state index is 0.329. The topological polar surface area (TPSA) is 70.6 Å². The van der Waals surface area contributed by atoms with Crippen LogP contribution in [0.1, 0.15) is 42.7 Å². The molecule has 2 amide bonds. The van der Waals surface area contributed by atoms with Crippen LogP contribution in [0.5, 0.6) is 5.88 Å². The molecule has 1 aliphatic carbocycles. The molecule has 0 spiro atoms. The van der Waals surface area contributed by atoms with Gasteiger partial charge < -0.3 is 10.1 Å². The molecule has 3 aromatic rings. The van der Waals surface area contributed by atoms with Gasteiger partial charge in [0.25, 0.3) is 0 Å². The fourth-order valence-corrected chi connectivity index (χ4v) is 5.08.